The lowest BCUT2D eigenvalue weighted by Crippen LogP contribution is -2.30. The predicted octanol–water partition coefficient (Wildman–Crippen LogP) is 1.99. The van der Waals surface area contributed by atoms with Gasteiger partial charge in [-0.2, -0.15) is 0 Å². The van der Waals surface area contributed by atoms with E-state index in [1.165, 1.54) is 25.7 Å². The van der Waals surface area contributed by atoms with Gasteiger partial charge >= 0.3 is 0 Å². The van der Waals surface area contributed by atoms with Gasteiger partial charge in [0.1, 0.15) is 12.4 Å². The molecule has 0 bridgehead atoms. The SMILES string of the molecule is C#CCn1cc[n+](CCCCCC)c1. The van der Waals surface area contributed by atoms with Crippen molar-refractivity contribution in [3.63, 3.8) is 0 Å². The van der Waals surface area contributed by atoms with Crippen molar-refractivity contribution in [2.75, 3.05) is 0 Å². The van der Waals surface area contributed by atoms with Crippen LogP contribution >= 0.6 is 0 Å². The van der Waals surface area contributed by atoms with Gasteiger partial charge in [-0.3, -0.25) is 0 Å². The van der Waals surface area contributed by atoms with Gasteiger partial charge in [-0.1, -0.05) is 25.7 Å². The molecule has 0 unspecified atom stereocenters. The number of aromatic nitrogens is 2. The molecule has 0 aromatic carbocycles. The summed E-state index contributed by atoms with van der Waals surface area (Å²) >= 11 is 0. The summed E-state index contributed by atoms with van der Waals surface area (Å²) in [6.07, 6.45) is 16.6. The molecule has 0 aliphatic rings. The average molecular weight is 191 g/mol. The summed E-state index contributed by atoms with van der Waals surface area (Å²) in [7, 11) is 0. The van der Waals surface area contributed by atoms with Crippen molar-refractivity contribution in [3.8, 4) is 12.3 Å². The smallest absolute Gasteiger partial charge is 0.237 e. The first-order valence-electron chi connectivity index (χ1n) is 5.35. The van der Waals surface area contributed by atoms with E-state index in [9.17, 15) is 0 Å². The molecule has 0 saturated heterocycles. The molecule has 0 saturated carbocycles. The molecule has 0 atom stereocenters. The Morgan fingerprint density at radius 2 is 2.21 bits per heavy atom. The Balaban J connectivity index is 2.26. The molecule has 2 nitrogen and oxygen atoms in total. The molecule has 0 spiro atoms. The number of terminal acetylenes is 1. The highest BCUT2D eigenvalue weighted by atomic mass is 15.1. The minimum Gasteiger partial charge on any atom is -0.237 e. The Bertz CT molecular complexity index is 294. The van der Waals surface area contributed by atoms with Crippen LogP contribution in [0.5, 0.6) is 0 Å². The van der Waals surface area contributed by atoms with Gasteiger partial charge in [-0.25, -0.2) is 9.13 Å². The molecule has 2 heteroatoms. The van der Waals surface area contributed by atoms with E-state index in [4.69, 9.17) is 6.42 Å². The van der Waals surface area contributed by atoms with Crippen LogP contribution in [0.4, 0.5) is 0 Å². The molecule has 0 amide bonds. The highest BCUT2D eigenvalue weighted by Gasteiger charge is 2.00. The summed E-state index contributed by atoms with van der Waals surface area (Å²) in [6.45, 7) is 4.01. The summed E-state index contributed by atoms with van der Waals surface area (Å²) < 4.78 is 4.23. The number of hydrogen-bond donors (Lipinski definition) is 0. The van der Waals surface area contributed by atoms with Gasteiger partial charge < -0.3 is 0 Å². The summed E-state index contributed by atoms with van der Waals surface area (Å²) in [5.41, 5.74) is 0. The van der Waals surface area contributed by atoms with Crippen molar-refractivity contribution in [2.45, 2.75) is 45.7 Å². The van der Waals surface area contributed by atoms with Crippen LogP contribution in [-0.4, -0.2) is 4.57 Å². The molecule has 0 aliphatic heterocycles. The third-order valence-corrected chi connectivity index (χ3v) is 2.29. The lowest BCUT2D eigenvalue weighted by Gasteiger charge is -1.95. The Morgan fingerprint density at radius 1 is 1.36 bits per heavy atom. The number of unbranched alkanes of at least 4 members (excludes halogenated alkanes) is 3. The average Bonchev–Trinajstić information content (AvgIpc) is 2.61. The number of imidazole rings is 1. The zero-order valence-electron chi connectivity index (χ0n) is 8.95. The zero-order valence-corrected chi connectivity index (χ0v) is 8.95. The van der Waals surface area contributed by atoms with E-state index in [-0.39, 0.29) is 0 Å². The van der Waals surface area contributed by atoms with Gasteiger partial charge in [-0.15, -0.1) is 6.42 Å². The molecule has 0 radical (unpaired) electrons. The number of aryl methyl sites for hydroxylation is 1. The maximum atomic E-state index is 5.23. The van der Waals surface area contributed by atoms with Crippen molar-refractivity contribution >= 4 is 0 Å². The number of hydrogen-bond acceptors (Lipinski definition) is 0. The molecule has 1 heterocycles. The first kappa shape index (κ1) is 10.8. The standard InChI is InChI=1S/C12H19N2/c1-3-5-6-7-9-14-11-10-13(12-14)8-4-2/h2,10-12H,3,5-9H2,1H3/q+1. The lowest BCUT2D eigenvalue weighted by molar-refractivity contribution is -0.696. The van der Waals surface area contributed by atoms with Crippen LogP contribution in [0.15, 0.2) is 18.7 Å². The molecular weight excluding hydrogens is 172 g/mol. The van der Waals surface area contributed by atoms with Crippen LogP contribution < -0.4 is 4.57 Å². The number of rotatable bonds is 6. The summed E-state index contributed by atoms with van der Waals surface area (Å²) in [4.78, 5) is 0. The van der Waals surface area contributed by atoms with E-state index in [1.807, 2.05) is 10.8 Å². The van der Waals surface area contributed by atoms with Gasteiger partial charge in [-0.05, 0) is 12.8 Å². The second-order valence-electron chi connectivity index (χ2n) is 3.59. The topological polar surface area (TPSA) is 8.81 Å². The maximum Gasteiger partial charge on any atom is 0.244 e. The highest BCUT2D eigenvalue weighted by Crippen LogP contribution is 1.98. The van der Waals surface area contributed by atoms with Crippen molar-refractivity contribution in [3.05, 3.63) is 18.7 Å². The predicted molar refractivity (Wildman–Crippen MR) is 57.6 cm³/mol. The van der Waals surface area contributed by atoms with E-state index < -0.39 is 0 Å². The first-order valence-corrected chi connectivity index (χ1v) is 5.35. The van der Waals surface area contributed by atoms with Crippen molar-refractivity contribution in [2.24, 2.45) is 0 Å². The Hall–Kier alpha value is -1.23. The fourth-order valence-corrected chi connectivity index (χ4v) is 1.49. The van der Waals surface area contributed by atoms with Gasteiger partial charge in [0.05, 0.1) is 6.54 Å². The molecule has 0 fully saturated rings. The van der Waals surface area contributed by atoms with Gasteiger partial charge in [0.25, 0.3) is 0 Å². The zero-order chi connectivity index (χ0) is 10.2. The van der Waals surface area contributed by atoms with Crippen LogP contribution in [-0.2, 0) is 13.1 Å². The first-order chi connectivity index (χ1) is 6.86. The minimum absolute atomic E-state index is 0.669. The van der Waals surface area contributed by atoms with E-state index in [0.29, 0.717) is 6.54 Å². The Labute approximate surface area is 86.6 Å². The second-order valence-corrected chi connectivity index (χ2v) is 3.59. The fourth-order valence-electron chi connectivity index (χ4n) is 1.49. The summed E-state index contributed by atoms with van der Waals surface area (Å²) in [6, 6.07) is 0. The second kappa shape index (κ2) is 6.26. The summed E-state index contributed by atoms with van der Waals surface area (Å²) in [5.74, 6) is 2.62. The van der Waals surface area contributed by atoms with Crippen LogP contribution in [0.3, 0.4) is 0 Å². The highest BCUT2D eigenvalue weighted by molar-refractivity contribution is 4.85. The molecule has 0 aliphatic carbocycles. The van der Waals surface area contributed by atoms with Crippen molar-refractivity contribution < 1.29 is 4.57 Å². The van der Waals surface area contributed by atoms with E-state index in [1.54, 1.807) is 0 Å². The van der Waals surface area contributed by atoms with E-state index in [0.717, 1.165) is 6.54 Å². The minimum atomic E-state index is 0.669. The maximum absolute atomic E-state index is 5.23. The van der Waals surface area contributed by atoms with E-state index >= 15 is 0 Å². The molecule has 14 heavy (non-hydrogen) atoms. The van der Waals surface area contributed by atoms with E-state index in [2.05, 4.69) is 29.9 Å². The third kappa shape index (κ3) is 3.66. The Kier molecular flexibility index (Phi) is 4.85. The van der Waals surface area contributed by atoms with Crippen molar-refractivity contribution in [1.29, 1.82) is 0 Å². The monoisotopic (exact) mass is 191 g/mol. The van der Waals surface area contributed by atoms with Crippen LogP contribution in [0.25, 0.3) is 0 Å². The number of nitrogens with zero attached hydrogens (tertiary/aromatic N) is 2. The molecule has 0 N–H and O–H groups in total. The molecule has 1 aromatic rings. The van der Waals surface area contributed by atoms with Gasteiger partial charge in [0, 0.05) is 0 Å². The lowest BCUT2D eigenvalue weighted by atomic mass is 10.2. The van der Waals surface area contributed by atoms with Crippen molar-refractivity contribution in [1.82, 2.24) is 4.57 Å². The molecular formula is C12H19N2+. The Morgan fingerprint density at radius 3 is 2.93 bits per heavy atom. The van der Waals surface area contributed by atoms with Crippen LogP contribution in [0, 0.1) is 12.3 Å². The van der Waals surface area contributed by atoms with Crippen LogP contribution in [0.1, 0.15) is 32.6 Å². The fraction of sp³-hybridized carbons (Fsp3) is 0.583. The van der Waals surface area contributed by atoms with Gasteiger partial charge in [0.2, 0.25) is 6.33 Å². The molecule has 1 aromatic heterocycles. The van der Waals surface area contributed by atoms with Gasteiger partial charge in [0.15, 0.2) is 6.54 Å². The third-order valence-electron chi connectivity index (χ3n) is 2.29. The quantitative estimate of drug-likeness (QED) is 0.369. The summed E-state index contributed by atoms with van der Waals surface area (Å²) in [5, 5.41) is 0. The largest absolute Gasteiger partial charge is 0.244 e. The van der Waals surface area contributed by atoms with Crippen LogP contribution in [0.2, 0.25) is 0 Å². The normalized spacial score (nSPS) is 10.0. The molecule has 76 valence electrons. The molecule has 1 rings (SSSR count).